The van der Waals surface area contributed by atoms with Gasteiger partial charge in [0.2, 0.25) is 10.0 Å². The molecule has 0 fully saturated rings. The second-order valence-corrected chi connectivity index (χ2v) is 6.77. The lowest BCUT2D eigenvalue weighted by atomic mass is 9.99. The number of halogens is 1. The molecule has 1 N–H and O–H groups in total. The summed E-state index contributed by atoms with van der Waals surface area (Å²) < 4.78 is 25.7. The van der Waals surface area contributed by atoms with Gasteiger partial charge in [-0.1, -0.05) is 27.7 Å². The zero-order valence-electron chi connectivity index (χ0n) is 9.96. The van der Waals surface area contributed by atoms with Crippen LogP contribution in [0.2, 0.25) is 0 Å². The Hall–Kier alpha value is 0.200. The molecule has 0 aromatic carbocycles. The fraction of sp³-hybridized carbons (Fsp3) is 1.00. The summed E-state index contributed by atoms with van der Waals surface area (Å²) in [5.74, 6) is 1.32. The van der Waals surface area contributed by atoms with Gasteiger partial charge in [-0.15, -0.1) is 11.6 Å². The van der Waals surface area contributed by atoms with E-state index in [1.807, 2.05) is 13.8 Å². The first kappa shape index (κ1) is 15.2. The Kier molecular flexibility index (Phi) is 6.80. The SMILES string of the molecule is CC(CCl)CS(=O)(=O)NCC(C)C(C)C. The fourth-order valence-electron chi connectivity index (χ4n) is 0.972. The van der Waals surface area contributed by atoms with E-state index < -0.39 is 10.0 Å². The van der Waals surface area contributed by atoms with Crippen LogP contribution in [0, 0.1) is 17.8 Å². The van der Waals surface area contributed by atoms with E-state index in [9.17, 15) is 8.42 Å². The topological polar surface area (TPSA) is 46.2 Å². The lowest BCUT2D eigenvalue weighted by molar-refractivity contribution is 0.414. The minimum atomic E-state index is -3.16. The number of alkyl halides is 1. The van der Waals surface area contributed by atoms with Gasteiger partial charge in [-0.2, -0.15) is 0 Å². The largest absolute Gasteiger partial charge is 0.215 e. The van der Waals surface area contributed by atoms with E-state index >= 15 is 0 Å². The Morgan fingerprint density at radius 1 is 1.20 bits per heavy atom. The van der Waals surface area contributed by atoms with Crippen LogP contribution in [0.5, 0.6) is 0 Å². The van der Waals surface area contributed by atoms with Gasteiger partial charge in [0.1, 0.15) is 0 Å². The molecular weight excluding hydrogens is 234 g/mol. The lowest BCUT2D eigenvalue weighted by Gasteiger charge is -2.17. The normalized spacial score (nSPS) is 16.7. The summed E-state index contributed by atoms with van der Waals surface area (Å²) in [6.45, 7) is 8.55. The van der Waals surface area contributed by atoms with E-state index in [0.29, 0.717) is 24.3 Å². The first-order chi connectivity index (χ1) is 6.78. The summed E-state index contributed by atoms with van der Waals surface area (Å²) in [7, 11) is -3.16. The van der Waals surface area contributed by atoms with Crippen molar-refractivity contribution in [3.8, 4) is 0 Å². The first-order valence-electron chi connectivity index (χ1n) is 5.31. The van der Waals surface area contributed by atoms with Crippen LogP contribution in [0.15, 0.2) is 0 Å². The zero-order valence-corrected chi connectivity index (χ0v) is 11.5. The molecule has 15 heavy (non-hydrogen) atoms. The van der Waals surface area contributed by atoms with Gasteiger partial charge >= 0.3 is 0 Å². The Bertz CT molecular complexity index is 265. The Balaban J connectivity index is 4.05. The summed E-state index contributed by atoms with van der Waals surface area (Å²) in [5, 5.41) is 0. The molecule has 0 saturated heterocycles. The third kappa shape index (κ3) is 7.14. The maximum Gasteiger partial charge on any atom is 0.211 e. The quantitative estimate of drug-likeness (QED) is 0.708. The summed E-state index contributed by atoms with van der Waals surface area (Å²) >= 11 is 5.58. The zero-order chi connectivity index (χ0) is 12.1. The molecule has 0 rings (SSSR count). The summed E-state index contributed by atoms with van der Waals surface area (Å²) in [6, 6.07) is 0. The van der Waals surface area contributed by atoms with Gasteiger partial charge in [-0.3, -0.25) is 0 Å². The highest BCUT2D eigenvalue weighted by Crippen LogP contribution is 2.09. The minimum Gasteiger partial charge on any atom is -0.215 e. The van der Waals surface area contributed by atoms with E-state index in [1.165, 1.54) is 0 Å². The van der Waals surface area contributed by atoms with Crippen molar-refractivity contribution in [1.82, 2.24) is 4.72 Å². The van der Waals surface area contributed by atoms with Crippen LogP contribution in [0.3, 0.4) is 0 Å². The standard InChI is InChI=1S/C10H22ClNO2S/c1-8(2)10(4)6-12-15(13,14)7-9(3)5-11/h8-10,12H,5-7H2,1-4H3. The highest BCUT2D eigenvalue weighted by Gasteiger charge is 2.16. The van der Waals surface area contributed by atoms with Crippen LogP contribution in [-0.4, -0.2) is 26.6 Å². The molecule has 0 spiro atoms. The van der Waals surface area contributed by atoms with Crippen molar-refractivity contribution in [1.29, 1.82) is 0 Å². The van der Waals surface area contributed by atoms with Gasteiger partial charge < -0.3 is 0 Å². The molecule has 3 nitrogen and oxygen atoms in total. The van der Waals surface area contributed by atoms with Gasteiger partial charge in [0.25, 0.3) is 0 Å². The molecule has 0 heterocycles. The third-order valence-corrected chi connectivity index (χ3v) is 4.67. The smallest absolute Gasteiger partial charge is 0.211 e. The van der Waals surface area contributed by atoms with E-state index in [1.54, 1.807) is 0 Å². The molecule has 5 heteroatoms. The van der Waals surface area contributed by atoms with Gasteiger partial charge in [0.15, 0.2) is 0 Å². The molecule has 92 valence electrons. The number of nitrogens with one attached hydrogen (secondary N) is 1. The number of hydrogen-bond donors (Lipinski definition) is 1. The third-order valence-electron chi connectivity index (χ3n) is 2.53. The van der Waals surface area contributed by atoms with Gasteiger partial charge in [0.05, 0.1) is 5.75 Å². The predicted molar refractivity (Wildman–Crippen MR) is 65.7 cm³/mol. The average molecular weight is 256 g/mol. The van der Waals surface area contributed by atoms with Crippen molar-refractivity contribution in [3.63, 3.8) is 0 Å². The highest BCUT2D eigenvalue weighted by atomic mass is 35.5. The van der Waals surface area contributed by atoms with Crippen LogP contribution in [0.1, 0.15) is 27.7 Å². The van der Waals surface area contributed by atoms with Crippen LogP contribution in [0.25, 0.3) is 0 Å². The monoisotopic (exact) mass is 255 g/mol. The molecule has 0 amide bonds. The van der Waals surface area contributed by atoms with Crippen LogP contribution < -0.4 is 4.72 Å². The maximum atomic E-state index is 11.6. The molecule has 2 unspecified atom stereocenters. The molecule has 0 aliphatic heterocycles. The van der Waals surface area contributed by atoms with E-state index in [4.69, 9.17) is 11.6 Å². The molecular formula is C10H22ClNO2S. The fourth-order valence-corrected chi connectivity index (χ4v) is 2.71. The number of hydrogen-bond acceptors (Lipinski definition) is 2. The molecule has 0 bridgehead atoms. The molecule has 0 aliphatic rings. The lowest BCUT2D eigenvalue weighted by Crippen LogP contribution is -2.34. The van der Waals surface area contributed by atoms with Crippen LogP contribution in [-0.2, 0) is 10.0 Å². The molecule has 2 atom stereocenters. The first-order valence-corrected chi connectivity index (χ1v) is 7.50. The van der Waals surface area contributed by atoms with Gasteiger partial charge in [0, 0.05) is 12.4 Å². The Morgan fingerprint density at radius 2 is 1.73 bits per heavy atom. The average Bonchev–Trinajstić information content (AvgIpc) is 2.13. The van der Waals surface area contributed by atoms with Crippen LogP contribution in [0.4, 0.5) is 0 Å². The maximum absolute atomic E-state index is 11.6. The Labute approximate surface area is 98.6 Å². The predicted octanol–water partition coefficient (Wildman–Crippen LogP) is 2.07. The van der Waals surface area contributed by atoms with Crippen molar-refractivity contribution in [2.75, 3.05) is 18.2 Å². The molecule has 0 aliphatic carbocycles. The molecule has 0 saturated carbocycles. The van der Waals surface area contributed by atoms with Gasteiger partial charge in [-0.05, 0) is 17.8 Å². The van der Waals surface area contributed by atoms with Gasteiger partial charge in [-0.25, -0.2) is 13.1 Å². The summed E-state index contributed by atoms with van der Waals surface area (Å²) in [6.07, 6.45) is 0. The molecule has 0 aromatic heterocycles. The molecule has 0 aromatic rings. The van der Waals surface area contributed by atoms with Crippen molar-refractivity contribution >= 4 is 21.6 Å². The minimum absolute atomic E-state index is 0.00137. The van der Waals surface area contributed by atoms with E-state index in [-0.39, 0.29) is 11.7 Å². The van der Waals surface area contributed by atoms with Crippen molar-refractivity contribution in [3.05, 3.63) is 0 Å². The summed E-state index contributed by atoms with van der Waals surface area (Å²) in [4.78, 5) is 0. The Morgan fingerprint density at radius 3 is 2.13 bits per heavy atom. The van der Waals surface area contributed by atoms with Crippen molar-refractivity contribution in [2.24, 2.45) is 17.8 Å². The number of sulfonamides is 1. The van der Waals surface area contributed by atoms with Crippen LogP contribution >= 0.6 is 11.6 Å². The second-order valence-electron chi connectivity index (χ2n) is 4.61. The number of rotatable bonds is 7. The second kappa shape index (κ2) is 6.71. The highest BCUT2D eigenvalue weighted by molar-refractivity contribution is 7.89. The summed E-state index contributed by atoms with van der Waals surface area (Å²) in [5.41, 5.74) is 0. The molecule has 0 radical (unpaired) electrons. The van der Waals surface area contributed by atoms with E-state index in [2.05, 4.69) is 18.6 Å². The van der Waals surface area contributed by atoms with E-state index in [0.717, 1.165) is 0 Å². The van der Waals surface area contributed by atoms with Crippen molar-refractivity contribution in [2.45, 2.75) is 27.7 Å². The van der Waals surface area contributed by atoms with Crippen molar-refractivity contribution < 1.29 is 8.42 Å².